The standard InChI is InChI=1S/C13H13BrIN3/c1-7-4-9(5-8(2)11(7)14)12-17-6-10(15)13(16-3)18-12/h4-6H,1-3H3,(H,16,17,18). The van der Waals surface area contributed by atoms with Gasteiger partial charge in [-0.05, 0) is 59.7 Å². The predicted molar refractivity (Wildman–Crippen MR) is 86.9 cm³/mol. The van der Waals surface area contributed by atoms with Gasteiger partial charge < -0.3 is 5.32 Å². The lowest BCUT2D eigenvalue weighted by molar-refractivity contribution is 1.14. The van der Waals surface area contributed by atoms with E-state index in [1.807, 2.05) is 13.2 Å². The molecule has 3 nitrogen and oxygen atoms in total. The van der Waals surface area contributed by atoms with Gasteiger partial charge in [0.1, 0.15) is 5.82 Å². The van der Waals surface area contributed by atoms with Gasteiger partial charge in [0.15, 0.2) is 5.82 Å². The summed E-state index contributed by atoms with van der Waals surface area (Å²) in [5.41, 5.74) is 3.43. The number of halogens is 2. The van der Waals surface area contributed by atoms with Gasteiger partial charge in [0.2, 0.25) is 0 Å². The van der Waals surface area contributed by atoms with Crippen molar-refractivity contribution in [1.29, 1.82) is 0 Å². The molecule has 0 spiro atoms. The first-order valence-corrected chi connectivity index (χ1v) is 7.37. The molecule has 0 atom stereocenters. The van der Waals surface area contributed by atoms with Crippen molar-refractivity contribution in [3.63, 3.8) is 0 Å². The predicted octanol–water partition coefficient (Wildman–Crippen LogP) is 4.17. The highest BCUT2D eigenvalue weighted by atomic mass is 127. The van der Waals surface area contributed by atoms with Crippen LogP contribution >= 0.6 is 38.5 Å². The molecule has 0 amide bonds. The Hall–Kier alpha value is -0.690. The van der Waals surface area contributed by atoms with Crippen molar-refractivity contribution < 1.29 is 0 Å². The molecule has 0 unspecified atom stereocenters. The molecule has 18 heavy (non-hydrogen) atoms. The maximum absolute atomic E-state index is 4.53. The van der Waals surface area contributed by atoms with Crippen molar-refractivity contribution in [1.82, 2.24) is 9.97 Å². The average Bonchev–Trinajstić information content (AvgIpc) is 2.36. The van der Waals surface area contributed by atoms with Gasteiger partial charge in [-0.15, -0.1) is 0 Å². The number of hydrogen-bond acceptors (Lipinski definition) is 3. The average molecular weight is 418 g/mol. The Morgan fingerprint density at radius 1 is 1.22 bits per heavy atom. The molecule has 0 saturated heterocycles. The van der Waals surface area contributed by atoms with Gasteiger partial charge in [0, 0.05) is 23.3 Å². The molecule has 0 aliphatic heterocycles. The van der Waals surface area contributed by atoms with Gasteiger partial charge in [0.25, 0.3) is 0 Å². The lowest BCUT2D eigenvalue weighted by Crippen LogP contribution is -1.99. The third kappa shape index (κ3) is 2.66. The molecule has 0 bridgehead atoms. The number of aryl methyl sites for hydroxylation is 2. The number of nitrogens with one attached hydrogen (secondary N) is 1. The summed E-state index contributed by atoms with van der Waals surface area (Å²) in [6.45, 7) is 4.15. The largest absolute Gasteiger partial charge is 0.372 e. The van der Waals surface area contributed by atoms with Crippen LogP contribution in [-0.2, 0) is 0 Å². The number of benzene rings is 1. The first kappa shape index (κ1) is 13.7. The highest BCUT2D eigenvalue weighted by Crippen LogP contribution is 2.27. The van der Waals surface area contributed by atoms with Crippen molar-refractivity contribution in [3.8, 4) is 11.4 Å². The van der Waals surface area contributed by atoms with E-state index in [-0.39, 0.29) is 0 Å². The van der Waals surface area contributed by atoms with Crippen molar-refractivity contribution in [3.05, 3.63) is 37.5 Å². The van der Waals surface area contributed by atoms with Gasteiger partial charge in [-0.2, -0.15) is 0 Å². The Morgan fingerprint density at radius 3 is 2.39 bits per heavy atom. The Kier molecular flexibility index (Phi) is 4.21. The van der Waals surface area contributed by atoms with Crippen molar-refractivity contribution in [2.75, 3.05) is 12.4 Å². The maximum Gasteiger partial charge on any atom is 0.161 e. The minimum Gasteiger partial charge on any atom is -0.372 e. The summed E-state index contributed by atoms with van der Waals surface area (Å²) >= 11 is 5.79. The monoisotopic (exact) mass is 417 g/mol. The van der Waals surface area contributed by atoms with Crippen LogP contribution in [0.4, 0.5) is 5.82 Å². The zero-order valence-corrected chi connectivity index (χ0v) is 14.1. The zero-order valence-electron chi connectivity index (χ0n) is 10.4. The van der Waals surface area contributed by atoms with Crippen LogP contribution in [0.1, 0.15) is 11.1 Å². The second-order valence-electron chi connectivity index (χ2n) is 4.06. The fourth-order valence-electron chi connectivity index (χ4n) is 1.76. The number of hydrogen-bond donors (Lipinski definition) is 1. The minimum absolute atomic E-state index is 0.749. The summed E-state index contributed by atoms with van der Waals surface area (Å²) in [7, 11) is 1.87. The molecule has 1 N–H and O–H groups in total. The van der Waals surface area contributed by atoms with Crippen LogP contribution in [0.15, 0.2) is 22.8 Å². The molecule has 94 valence electrons. The van der Waals surface area contributed by atoms with E-state index in [9.17, 15) is 0 Å². The highest BCUT2D eigenvalue weighted by Gasteiger charge is 2.09. The van der Waals surface area contributed by atoms with Crippen LogP contribution in [0, 0.1) is 17.4 Å². The fourth-order valence-corrected chi connectivity index (χ4v) is 2.52. The van der Waals surface area contributed by atoms with Crippen LogP contribution < -0.4 is 5.32 Å². The van der Waals surface area contributed by atoms with E-state index in [1.165, 1.54) is 11.1 Å². The molecular weight excluding hydrogens is 405 g/mol. The van der Waals surface area contributed by atoms with Gasteiger partial charge >= 0.3 is 0 Å². The SMILES string of the molecule is CNc1nc(-c2cc(C)c(Br)c(C)c2)ncc1I. The van der Waals surface area contributed by atoms with Crippen molar-refractivity contribution >= 4 is 44.3 Å². The second kappa shape index (κ2) is 5.52. The molecule has 1 aromatic carbocycles. The number of aromatic nitrogens is 2. The summed E-state index contributed by atoms with van der Waals surface area (Å²) in [5, 5.41) is 3.08. The molecule has 0 fully saturated rings. The van der Waals surface area contributed by atoms with Crippen LogP contribution in [0.25, 0.3) is 11.4 Å². The molecule has 0 aliphatic rings. The lowest BCUT2D eigenvalue weighted by atomic mass is 10.1. The van der Waals surface area contributed by atoms with Gasteiger partial charge in [-0.3, -0.25) is 0 Å². The number of rotatable bonds is 2. The lowest BCUT2D eigenvalue weighted by Gasteiger charge is -2.09. The quantitative estimate of drug-likeness (QED) is 0.745. The van der Waals surface area contributed by atoms with E-state index in [0.717, 1.165) is 25.2 Å². The third-order valence-corrected chi connectivity index (χ3v) is 4.72. The van der Waals surface area contributed by atoms with Crippen LogP contribution in [0.5, 0.6) is 0 Å². The molecule has 5 heteroatoms. The Morgan fingerprint density at radius 2 is 1.83 bits per heavy atom. The summed E-state index contributed by atoms with van der Waals surface area (Å²) in [6.07, 6.45) is 1.83. The first-order chi connectivity index (χ1) is 8.52. The maximum atomic E-state index is 4.53. The molecule has 0 saturated carbocycles. The smallest absolute Gasteiger partial charge is 0.161 e. The molecule has 0 aliphatic carbocycles. The van der Waals surface area contributed by atoms with Crippen molar-refractivity contribution in [2.24, 2.45) is 0 Å². The zero-order chi connectivity index (χ0) is 13.3. The molecule has 1 heterocycles. The number of anilines is 1. The summed E-state index contributed by atoms with van der Waals surface area (Å²) in [5.74, 6) is 1.61. The summed E-state index contributed by atoms with van der Waals surface area (Å²) in [6, 6.07) is 4.19. The highest BCUT2D eigenvalue weighted by molar-refractivity contribution is 14.1. The second-order valence-corrected chi connectivity index (χ2v) is 6.02. The van der Waals surface area contributed by atoms with Crippen LogP contribution in [0.2, 0.25) is 0 Å². The topological polar surface area (TPSA) is 37.8 Å². The van der Waals surface area contributed by atoms with E-state index < -0.39 is 0 Å². The van der Waals surface area contributed by atoms with Gasteiger partial charge in [-0.25, -0.2) is 9.97 Å². The molecule has 0 radical (unpaired) electrons. The van der Waals surface area contributed by atoms with E-state index in [4.69, 9.17) is 0 Å². The van der Waals surface area contributed by atoms with Gasteiger partial charge in [-0.1, -0.05) is 15.9 Å². The van der Waals surface area contributed by atoms with E-state index in [2.05, 4.69) is 79.8 Å². The summed E-state index contributed by atoms with van der Waals surface area (Å²) in [4.78, 5) is 8.92. The van der Waals surface area contributed by atoms with Crippen LogP contribution in [0.3, 0.4) is 0 Å². The van der Waals surface area contributed by atoms with E-state index in [0.29, 0.717) is 0 Å². The fraction of sp³-hybridized carbons (Fsp3) is 0.231. The Balaban J connectivity index is 2.55. The first-order valence-electron chi connectivity index (χ1n) is 5.50. The van der Waals surface area contributed by atoms with E-state index in [1.54, 1.807) is 0 Å². The van der Waals surface area contributed by atoms with Crippen LogP contribution in [-0.4, -0.2) is 17.0 Å². The van der Waals surface area contributed by atoms with Crippen molar-refractivity contribution in [2.45, 2.75) is 13.8 Å². The van der Waals surface area contributed by atoms with Gasteiger partial charge in [0.05, 0.1) is 3.57 Å². The Bertz CT molecular complexity index is 576. The molecular formula is C13H13BrIN3. The van der Waals surface area contributed by atoms with E-state index >= 15 is 0 Å². The molecule has 1 aromatic heterocycles. The Labute approximate surface area is 129 Å². The third-order valence-electron chi connectivity index (χ3n) is 2.68. The minimum atomic E-state index is 0.749. The normalized spacial score (nSPS) is 10.5. The molecule has 2 rings (SSSR count). The molecule has 2 aromatic rings. The number of nitrogens with zero attached hydrogens (tertiary/aromatic N) is 2. The summed E-state index contributed by atoms with van der Waals surface area (Å²) < 4.78 is 2.16.